The Hall–Kier alpha value is -0.280. The molecule has 17 heavy (non-hydrogen) atoms. The van der Waals surface area contributed by atoms with Crippen molar-refractivity contribution in [1.82, 2.24) is 10.2 Å². The van der Waals surface area contributed by atoms with Crippen molar-refractivity contribution in [2.45, 2.75) is 58.0 Å². The van der Waals surface area contributed by atoms with Gasteiger partial charge in [-0.3, -0.25) is 4.79 Å². The van der Waals surface area contributed by atoms with Crippen LogP contribution in [0.2, 0.25) is 0 Å². The summed E-state index contributed by atoms with van der Waals surface area (Å²) in [5.41, 5.74) is 0. The van der Waals surface area contributed by atoms with Crippen LogP contribution in [0.5, 0.6) is 0 Å². The lowest BCUT2D eigenvalue weighted by molar-refractivity contribution is -0.132. The standard InChI is InChI=1S/C13H24N2O.ClH/c1-3-15(4-2)13(16)12-9-10-7-5-6-8-11(10)14-12;/h10-12,14H,3-9H2,1-2H3;1H. The molecule has 1 N–H and O–H groups in total. The molecule has 4 heteroatoms. The van der Waals surface area contributed by atoms with E-state index in [-0.39, 0.29) is 18.4 Å². The van der Waals surface area contributed by atoms with E-state index in [4.69, 9.17) is 0 Å². The first-order chi connectivity index (χ1) is 7.76. The Balaban J connectivity index is 0.00000144. The molecular weight excluding hydrogens is 236 g/mol. The quantitative estimate of drug-likeness (QED) is 0.844. The minimum atomic E-state index is 0. The number of carbonyl (C=O) groups excluding carboxylic acids is 1. The van der Waals surface area contributed by atoms with Crippen molar-refractivity contribution in [1.29, 1.82) is 0 Å². The van der Waals surface area contributed by atoms with Gasteiger partial charge in [-0.25, -0.2) is 0 Å². The van der Waals surface area contributed by atoms with E-state index in [1.807, 2.05) is 4.90 Å². The van der Waals surface area contributed by atoms with Crippen molar-refractivity contribution in [2.24, 2.45) is 5.92 Å². The van der Waals surface area contributed by atoms with Crippen LogP contribution in [0.4, 0.5) is 0 Å². The second kappa shape index (κ2) is 6.60. The van der Waals surface area contributed by atoms with Gasteiger partial charge in [-0.2, -0.15) is 0 Å². The summed E-state index contributed by atoms with van der Waals surface area (Å²) in [6.07, 6.45) is 6.35. The van der Waals surface area contributed by atoms with Crippen LogP contribution in [-0.4, -0.2) is 36.0 Å². The van der Waals surface area contributed by atoms with Gasteiger partial charge in [-0.05, 0) is 39.0 Å². The minimum Gasteiger partial charge on any atom is -0.342 e. The molecule has 0 aromatic heterocycles. The molecule has 3 unspecified atom stereocenters. The van der Waals surface area contributed by atoms with Gasteiger partial charge in [-0.1, -0.05) is 12.8 Å². The van der Waals surface area contributed by atoms with Crippen molar-refractivity contribution in [3.05, 3.63) is 0 Å². The Morgan fingerprint density at radius 3 is 2.47 bits per heavy atom. The summed E-state index contributed by atoms with van der Waals surface area (Å²) in [5, 5.41) is 3.55. The number of nitrogens with one attached hydrogen (secondary N) is 1. The Bertz CT molecular complexity index is 242. The lowest BCUT2D eigenvalue weighted by Gasteiger charge is -2.24. The van der Waals surface area contributed by atoms with Crippen LogP contribution in [0.1, 0.15) is 46.0 Å². The molecule has 1 aliphatic carbocycles. The van der Waals surface area contributed by atoms with Gasteiger partial charge >= 0.3 is 0 Å². The summed E-state index contributed by atoms with van der Waals surface area (Å²) >= 11 is 0. The molecule has 2 rings (SSSR count). The molecule has 0 radical (unpaired) electrons. The van der Waals surface area contributed by atoms with Crippen LogP contribution in [0, 0.1) is 5.92 Å². The van der Waals surface area contributed by atoms with E-state index in [0.29, 0.717) is 11.9 Å². The molecule has 100 valence electrons. The van der Waals surface area contributed by atoms with Gasteiger partial charge in [0.05, 0.1) is 6.04 Å². The normalized spacial score (nSPS) is 31.5. The van der Waals surface area contributed by atoms with Gasteiger partial charge in [0.25, 0.3) is 0 Å². The van der Waals surface area contributed by atoms with Crippen molar-refractivity contribution >= 4 is 18.3 Å². The molecular formula is C13H25ClN2O. The first kappa shape index (κ1) is 14.8. The van der Waals surface area contributed by atoms with Gasteiger partial charge in [-0.15, -0.1) is 12.4 Å². The topological polar surface area (TPSA) is 32.3 Å². The highest BCUT2D eigenvalue weighted by Gasteiger charge is 2.39. The van der Waals surface area contributed by atoms with Crippen LogP contribution in [-0.2, 0) is 4.79 Å². The minimum absolute atomic E-state index is 0. The number of halogens is 1. The highest BCUT2D eigenvalue weighted by atomic mass is 35.5. The summed E-state index contributed by atoms with van der Waals surface area (Å²) in [5.74, 6) is 1.08. The molecule has 0 aromatic rings. The fourth-order valence-corrected chi connectivity index (χ4v) is 3.27. The summed E-state index contributed by atoms with van der Waals surface area (Å²) in [6, 6.07) is 0.728. The number of hydrogen-bond acceptors (Lipinski definition) is 2. The number of rotatable bonds is 3. The second-order valence-electron chi connectivity index (χ2n) is 5.12. The van der Waals surface area contributed by atoms with Gasteiger partial charge in [0, 0.05) is 19.1 Å². The lowest BCUT2D eigenvalue weighted by Crippen LogP contribution is -2.45. The van der Waals surface area contributed by atoms with Crippen molar-refractivity contribution in [3.63, 3.8) is 0 Å². The van der Waals surface area contributed by atoms with Crippen molar-refractivity contribution in [2.75, 3.05) is 13.1 Å². The monoisotopic (exact) mass is 260 g/mol. The van der Waals surface area contributed by atoms with Crippen molar-refractivity contribution in [3.8, 4) is 0 Å². The molecule has 0 aromatic carbocycles. The average Bonchev–Trinajstić information content (AvgIpc) is 2.74. The number of nitrogens with zero attached hydrogens (tertiary/aromatic N) is 1. The van der Waals surface area contributed by atoms with E-state index < -0.39 is 0 Å². The van der Waals surface area contributed by atoms with E-state index in [9.17, 15) is 4.79 Å². The molecule has 2 fully saturated rings. The number of likely N-dealkylation sites (N-methyl/N-ethyl adjacent to an activating group) is 1. The maximum atomic E-state index is 12.2. The molecule has 1 saturated carbocycles. The fourth-order valence-electron chi connectivity index (χ4n) is 3.27. The third-order valence-corrected chi connectivity index (χ3v) is 4.24. The molecule has 1 heterocycles. The highest BCUT2D eigenvalue weighted by molar-refractivity contribution is 5.85. The lowest BCUT2D eigenvalue weighted by atomic mass is 9.85. The predicted octanol–water partition coefficient (Wildman–Crippen LogP) is 2.20. The second-order valence-corrected chi connectivity index (χ2v) is 5.12. The summed E-state index contributed by atoms with van der Waals surface area (Å²) in [7, 11) is 0. The van der Waals surface area contributed by atoms with Gasteiger partial charge in [0.15, 0.2) is 0 Å². The molecule has 1 amide bonds. The molecule has 0 bridgehead atoms. The third kappa shape index (κ3) is 3.14. The Labute approximate surface area is 111 Å². The first-order valence-corrected chi connectivity index (χ1v) is 6.81. The van der Waals surface area contributed by atoms with E-state index in [2.05, 4.69) is 19.2 Å². The van der Waals surface area contributed by atoms with Crippen LogP contribution >= 0.6 is 12.4 Å². The zero-order valence-electron chi connectivity index (χ0n) is 10.9. The van der Waals surface area contributed by atoms with E-state index >= 15 is 0 Å². The Kier molecular flexibility index (Phi) is 5.74. The largest absolute Gasteiger partial charge is 0.342 e. The van der Waals surface area contributed by atoms with Gasteiger partial charge in [0.1, 0.15) is 0 Å². The molecule has 1 saturated heterocycles. The zero-order chi connectivity index (χ0) is 11.5. The Morgan fingerprint density at radius 1 is 1.24 bits per heavy atom. The SMILES string of the molecule is CCN(CC)C(=O)C1CC2CCCCC2N1.Cl. The van der Waals surface area contributed by atoms with Crippen LogP contribution in [0.25, 0.3) is 0 Å². The van der Waals surface area contributed by atoms with Gasteiger partial charge in [0.2, 0.25) is 5.91 Å². The molecule has 3 atom stereocenters. The number of hydrogen-bond donors (Lipinski definition) is 1. The number of amides is 1. The van der Waals surface area contributed by atoms with Crippen LogP contribution < -0.4 is 5.32 Å². The number of fused-ring (bicyclic) bond motifs is 1. The highest BCUT2D eigenvalue weighted by Crippen LogP contribution is 2.33. The maximum absolute atomic E-state index is 12.2. The number of carbonyl (C=O) groups is 1. The summed E-state index contributed by atoms with van der Waals surface area (Å²) in [4.78, 5) is 14.2. The van der Waals surface area contributed by atoms with E-state index in [0.717, 1.165) is 25.4 Å². The molecule has 0 spiro atoms. The maximum Gasteiger partial charge on any atom is 0.239 e. The van der Waals surface area contributed by atoms with E-state index in [1.54, 1.807) is 0 Å². The summed E-state index contributed by atoms with van der Waals surface area (Å²) in [6.45, 7) is 5.79. The van der Waals surface area contributed by atoms with Crippen LogP contribution in [0.15, 0.2) is 0 Å². The fraction of sp³-hybridized carbons (Fsp3) is 0.923. The molecule has 2 aliphatic rings. The molecule has 3 nitrogen and oxygen atoms in total. The average molecular weight is 261 g/mol. The van der Waals surface area contributed by atoms with Crippen LogP contribution in [0.3, 0.4) is 0 Å². The Morgan fingerprint density at radius 2 is 1.88 bits per heavy atom. The predicted molar refractivity (Wildman–Crippen MR) is 72.5 cm³/mol. The summed E-state index contributed by atoms with van der Waals surface area (Å²) < 4.78 is 0. The van der Waals surface area contributed by atoms with E-state index in [1.165, 1.54) is 25.7 Å². The zero-order valence-corrected chi connectivity index (χ0v) is 11.8. The first-order valence-electron chi connectivity index (χ1n) is 6.81. The third-order valence-electron chi connectivity index (χ3n) is 4.24. The van der Waals surface area contributed by atoms with Gasteiger partial charge < -0.3 is 10.2 Å². The van der Waals surface area contributed by atoms with Crippen molar-refractivity contribution < 1.29 is 4.79 Å². The molecule has 1 aliphatic heterocycles. The smallest absolute Gasteiger partial charge is 0.239 e.